The maximum absolute atomic E-state index is 12.2. The standard InChI is InChI=1S/C15H17NO3S/c1-12-5-3-8-15(9-12)20(17,18)16-11-13-6-4-7-14(10-13)19-2/h3-10,16H,11H2,1-2H3. The number of sulfonamides is 1. The van der Waals surface area contributed by atoms with E-state index in [1.807, 2.05) is 31.2 Å². The van der Waals surface area contributed by atoms with Crippen molar-refractivity contribution in [3.05, 3.63) is 59.7 Å². The van der Waals surface area contributed by atoms with Crippen LogP contribution in [0.5, 0.6) is 5.75 Å². The highest BCUT2D eigenvalue weighted by atomic mass is 32.2. The fraction of sp³-hybridized carbons (Fsp3) is 0.200. The monoisotopic (exact) mass is 291 g/mol. The molecule has 0 unspecified atom stereocenters. The summed E-state index contributed by atoms with van der Waals surface area (Å²) in [5, 5.41) is 0. The number of rotatable bonds is 5. The highest BCUT2D eigenvalue weighted by molar-refractivity contribution is 7.89. The van der Waals surface area contributed by atoms with Crippen molar-refractivity contribution >= 4 is 10.0 Å². The van der Waals surface area contributed by atoms with Crippen LogP contribution in [0.3, 0.4) is 0 Å². The molecule has 0 bridgehead atoms. The fourth-order valence-corrected chi connectivity index (χ4v) is 2.95. The molecule has 0 radical (unpaired) electrons. The summed E-state index contributed by atoms with van der Waals surface area (Å²) in [6, 6.07) is 14.1. The lowest BCUT2D eigenvalue weighted by atomic mass is 10.2. The highest BCUT2D eigenvalue weighted by Gasteiger charge is 2.13. The zero-order chi connectivity index (χ0) is 14.6. The number of aryl methyl sites for hydroxylation is 1. The van der Waals surface area contributed by atoms with Crippen molar-refractivity contribution < 1.29 is 13.2 Å². The van der Waals surface area contributed by atoms with Crippen molar-refractivity contribution in [1.82, 2.24) is 4.72 Å². The highest BCUT2D eigenvalue weighted by Crippen LogP contribution is 2.14. The summed E-state index contributed by atoms with van der Waals surface area (Å²) in [6.07, 6.45) is 0. The first-order chi connectivity index (χ1) is 9.51. The smallest absolute Gasteiger partial charge is 0.240 e. The van der Waals surface area contributed by atoms with Crippen molar-refractivity contribution in [2.24, 2.45) is 0 Å². The van der Waals surface area contributed by atoms with Gasteiger partial charge in [-0.25, -0.2) is 13.1 Å². The molecule has 0 aromatic heterocycles. The quantitative estimate of drug-likeness (QED) is 0.920. The zero-order valence-electron chi connectivity index (χ0n) is 11.5. The van der Waals surface area contributed by atoms with Gasteiger partial charge in [0.2, 0.25) is 10.0 Å². The molecule has 0 amide bonds. The van der Waals surface area contributed by atoms with Gasteiger partial charge in [-0.3, -0.25) is 0 Å². The molecule has 20 heavy (non-hydrogen) atoms. The summed E-state index contributed by atoms with van der Waals surface area (Å²) in [5.74, 6) is 0.706. The third-order valence-corrected chi connectivity index (χ3v) is 4.30. The number of nitrogens with one attached hydrogen (secondary N) is 1. The minimum absolute atomic E-state index is 0.230. The fourth-order valence-electron chi connectivity index (χ4n) is 1.83. The Morgan fingerprint density at radius 3 is 2.55 bits per heavy atom. The van der Waals surface area contributed by atoms with E-state index < -0.39 is 10.0 Å². The summed E-state index contributed by atoms with van der Waals surface area (Å²) in [5.41, 5.74) is 1.76. The van der Waals surface area contributed by atoms with Gasteiger partial charge in [-0.1, -0.05) is 24.3 Å². The molecular weight excluding hydrogens is 274 g/mol. The van der Waals surface area contributed by atoms with Crippen LogP contribution in [0.2, 0.25) is 0 Å². The predicted molar refractivity (Wildman–Crippen MR) is 78.2 cm³/mol. The lowest BCUT2D eigenvalue weighted by molar-refractivity contribution is 0.414. The van der Waals surface area contributed by atoms with Crippen LogP contribution in [0.25, 0.3) is 0 Å². The van der Waals surface area contributed by atoms with Crippen LogP contribution in [0.15, 0.2) is 53.4 Å². The van der Waals surface area contributed by atoms with E-state index >= 15 is 0 Å². The first-order valence-electron chi connectivity index (χ1n) is 6.20. The van der Waals surface area contributed by atoms with E-state index in [0.717, 1.165) is 11.1 Å². The van der Waals surface area contributed by atoms with Crippen LogP contribution in [0.1, 0.15) is 11.1 Å². The van der Waals surface area contributed by atoms with Crippen LogP contribution in [-0.4, -0.2) is 15.5 Å². The summed E-state index contributed by atoms with van der Waals surface area (Å²) in [7, 11) is -1.91. The molecule has 0 aliphatic rings. The molecule has 0 spiro atoms. The lowest BCUT2D eigenvalue weighted by Crippen LogP contribution is -2.23. The number of hydrogen-bond acceptors (Lipinski definition) is 3. The van der Waals surface area contributed by atoms with Gasteiger partial charge >= 0.3 is 0 Å². The van der Waals surface area contributed by atoms with Gasteiger partial charge in [0.1, 0.15) is 5.75 Å². The third kappa shape index (κ3) is 3.59. The van der Waals surface area contributed by atoms with Crippen LogP contribution in [-0.2, 0) is 16.6 Å². The van der Waals surface area contributed by atoms with Crippen molar-refractivity contribution in [2.75, 3.05) is 7.11 Å². The Balaban J connectivity index is 2.13. The molecule has 0 aliphatic carbocycles. The molecule has 1 N–H and O–H groups in total. The van der Waals surface area contributed by atoms with Gasteiger partial charge in [-0.05, 0) is 42.3 Å². The van der Waals surface area contributed by atoms with Crippen LogP contribution < -0.4 is 9.46 Å². The lowest BCUT2D eigenvalue weighted by Gasteiger charge is -2.08. The number of methoxy groups -OCH3 is 1. The van der Waals surface area contributed by atoms with Crippen molar-refractivity contribution in [2.45, 2.75) is 18.4 Å². The average molecular weight is 291 g/mol. The van der Waals surface area contributed by atoms with Gasteiger partial charge in [0.05, 0.1) is 12.0 Å². The molecule has 2 aromatic rings. The predicted octanol–water partition coefficient (Wildman–Crippen LogP) is 2.48. The first kappa shape index (κ1) is 14.6. The normalized spacial score (nSPS) is 11.3. The van der Waals surface area contributed by atoms with Crippen molar-refractivity contribution in [3.63, 3.8) is 0 Å². The minimum Gasteiger partial charge on any atom is -0.497 e. The Hall–Kier alpha value is -1.85. The van der Waals surface area contributed by atoms with Gasteiger partial charge < -0.3 is 4.74 Å². The summed E-state index contributed by atoms with van der Waals surface area (Å²) >= 11 is 0. The molecule has 5 heteroatoms. The van der Waals surface area contributed by atoms with Crippen LogP contribution in [0.4, 0.5) is 0 Å². The molecule has 0 saturated heterocycles. The van der Waals surface area contributed by atoms with E-state index in [9.17, 15) is 8.42 Å². The van der Waals surface area contributed by atoms with E-state index in [1.54, 1.807) is 31.4 Å². The van der Waals surface area contributed by atoms with E-state index in [1.165, 1.54) is 0 Å². The Labute approximate surface area is 119 Å². The summed E-state index contributed by atoms with van der Waals surface area (Å²) < 4.78 is 32.0. The Morgan fingerprint density at radius 1 is 1.10 bits per heavy atom. The molecule has 2 aromatic carbocycles. The molecule has 0 fully saturated rings. The van der Waals surface area contributed by atoms with Gasteiger partial charge in [-0.2, -0.15) is 0 Å². The SMILES string of the molecule is COc1cccc(CNS(=O)(=O)c2cccc(C)c2)c1. The van der Waals surface area contributed by atoms with Crippen LogP contribution >= 0.6 is 0 Å². The van der Waals surface area contributed by atoms with E-state index in [-0.39, 0.29) is 11.4 Å². The Bertz CT molecular complexity index is 696. The average Bonchev–Trinajstić information content (AvgIpc) is 2.45. The number of hydrogen-bond donors (Lipinski definition) is 1. The second kappa shape index (κ2) is 6.07. The molecular formula is C15H17NO3S. The summed E-state index contributed by atoms with van der Waals surface area (Å²) in [6.45, 7) is 2.09. The first-order valence-corrected chi connectivity index (χ1v) is 7.69. The second-order valence-electron chi connectivity index (χ2n) is 4.49. The van der Waals surface area contributed by atoms with E-state index in [0.29, 0.717) is 5.75 Å². The van der Waals surface area contributed by atoms with Gasteiger partial charge in [0.15, 0.2) is 0 Å². The number of ether oxygens (including phenoxy) is 1. The van der Waals surface area contributed by atoms with Gasteiger partial charge in [-0.15, -0.1) is 0 Å². The molecule has 106 valence electrons. The molecule has 2 rings (SSSR count). The zero-order valence-corrected chi connectivity index (χ0v) is 12.3. The van der Waals surface area contributed by atoms with E-state index in [4.69, 9.17) is 4.74 Å². The third-order valence-electron chi connectivity index (χ3n) is 2.90. The molecule has 0 atom stereocenters. The Kier molecular flexibility index (Phi) is 4.42. The molecule has 0 aliphatic heterocycles. The molecule has 4 nitrogen and oxygen atoms in total. The maximum atomic E-state index is 12.2. The van der Waals surface area contributed by atoms with E-state index in [2.05, 4.69) is 4.72 Å². The van der Waals surface area contributed by atoms with Gasteiger partial charge in [0.25, 0.3) is 0 Å². The van der Waals surface area contributed by atoms with Crippen molar-refractivity contribution in [1.29, 1.82) is 0 Å². The topological polar surface area (TPSA) is 55.4 Å². The maximum Gasteiger partial charge on any atom is 0.240 e. The Morgan fingerprint density at radius 2 is 1.85 bits per heavy atom. The molecule has 0 saturated carbocycles. The molecule has 0 heterocycles. The largest absolute Gasteiger partial charge is 0.497 e. The van der Waals surface area contributed by atoms with Crippen molar-refractivity contribution in [3.8, 4) is 5.75 Å². The van der Waals surface area contributed by atoms with Gasteiger partial charge in [0, 0.05) is 6.54 Å². The second-order valence-corrected chi connectivity index (χ2v) is 6.26. The van der Waals surface area contributed by atoms with Crippen LogP contribution in [0, 0.1) is 6.92 Å². The summed E-state index contributed by atoms with van der Waals surface area (Å²) in [4.78, 5) is 0.278. The minimum atomic E-state index is -3.49. The number of benzene rings is 2.